The van der Waals surface area contributed by atoms with Gasteiger partial charge in [-0.25, -0.2) is 0 Å². The summed E-state index contributed by atoms with van der Waals surface area (Å²) >= 11 is 0. The summed E-state index contributed by atoms with van der Waals surface area (Å²) in [6.07, 6.45) is -1.17. The molecular weight excluding hydrogens is 207 g/mol. The van der Waals surface area contributed by atoms with Gasteiger partial charge in [0, 0.05) is 25.5 Å². The molecule has 3 N–H and O–H groups in total. The van der Waals surface area contributed by atoms with E-state index < -0.39 is 12.2 Å². The lowest BCUT2D eigenvalue weighted by atomic mass is 10.2. The molecule has 0 bridgehead atoms. The summed E-state index contributed by atoms with van der Waals surface area (Å²) in [5.41, 5.74) is 5.79. The van der Waals surface area contributed by atoms with Crippen LogP contribution in [0.5, 0.6) is 0 Å². The molecule has 15 heavy (non-hydrogen) atoms. The van der Waals surface area contributed by atoms with Crippen molar-refractivity contribution in [2.24, 2.45) is 5.73 Å². The van der Waals surface area contributed by atoms with Gasteiger partial charge in [-0.05, 0) is 17.7 Å². The normalized spacial score (nSPS) is 13.9. The first-order valence-electron chi connectivity index (χ1n) is 4.42. The molecule has 0 aliphatic heterocycles. The molecule has 0 aliphatic rings. The highest BCUT2D eigenvalue weighted by molar-refractivity contribution is 5.09. The second kappa shape index (κ2) is 5.09. The highest BCUT2D eigenvalue weighted by atomic mass is 19.4. The molecule has 1 heterocycles. The first kappa shape index (κ1) is 11.9. The summed E-state index contributed by atoms with van der Waals surface area (Å²) in [5, 5.41) is 2.64. The molecule has 0 spiro atoms. The third kappa shape index (κ3) is 4.26. The Morgan fingerprint density at radius 1 is 1.33 bits per heavy atom. The Morgan fingerprint density at radius 2 is 1.93 bits per heavy atom. The predicted octanol–water partition coefficient (Wildman–Crippen LogP) is 1.06. The zero-order chi connectivity index (χ0) is 11.3. The lowest BCUT2D eigenvalue weighted by Gasteiger charge is -2.15. The third-order valence-corrected chi connectivity index (χ3v) is 1.86. The van der Waals surface area contributed by atoms with Crippen molar-refractivity contribution in [1.82, 2.24) is 10.3 Å². The molecule has 0 aromatic carbocycles. The van der Waals surface area contributed by atoms with Crippen molar-refractivity contribution in [3.8, 4) is 0 Å². The van der Waals surface area contributed by atoms with E-state index in [-0.39, 0.29) is 6.54 Å². The minimum atomic E-state index is -4.34. The largest absolute Gasteiger partial charge is 0.404 e. The molecule has 84 valence electrons. The Morgan fingerprint density at radius 3 is 2.47 bits per heavy atom. The van der Waals surface area contributed by atoms with Crippen LogP contribution in [0.15, 0.2) is 24.5 Å². The highest BCUT2D eigenvalue weighted by Gasteiger charge is 2.35. The van der Waals surface area contributed by atoms with E-state index in [0.717, 1.165) is 5.56 Å². The number of nitrogens with one attached hydrogen (secondary N) is 1. The molecule has 0 amide bonds. The molecule has 0 fully saturated rings. The number of alkyl halides is 3. The van der Waals surface area contributed by atoms with E-state index in [9.17, 15) is 13.2 Å². The van der Waals surface area contributed by atoms with E-state index in [1.165, 1.54) is 0 Å². The van der Waals surface area contributed by atoms with E-state index in [4.69, 9.17) is 5.73 Å². The second-order valence-electron chi connectivity index (χ2n) is 3.13. The molecule has 1 atom stereocenters. The van der Waals surface area contributed by atoms with Crippen LogP contribution >= 0.6 is 0 Å². The Bertz CT molecular complexity index is 286. The van der Waals surface area contributed by atoms with Crippen molar-refractivity contribution in [1.29, 1.82) is 0 Å². The highest BCUT2D eigenvalue weighted by Crippen LogP contribution is 2.17. The molecular formula is C9H12F3N3. The number of nitrogens with two attached hydrogens (primary N) is 1. The summed E-state index contributed by atoms with van der Waals surface area (Å²) in [6, 6.07) is 1.64. The summed E-state index contributed by atoms with van der Waals surface area (Å²) in [6.45, 7) is 0.0676. The number of hydrogen-bond donors (Lipinski definition) is 2. The summed E-state index contributed by atoms with van der Waals surface area (Å²) < 4.78 is 36.0. The quantitative estimate of drug-likeness (QED) is 0.796. The van der Waals surface area contributed by atoms with Crippen molar-refractivity contribution < 1.29 is 13.2 Å². The zero-order valence-electron chi connectivity index (χ0n) is 7.96. The zero-order valence-corrected chi connectivity index (χ0v) is 7.96. The smallest absolute Gasteiger partial charge is 0.319 e. The lowest BCUT2D eigenvalue weighted by Crippen LogP contribution is -2.45. The Hall–Kier alpha value is -1.14. The second-order valence-corrected chi connectivity index (χ2v) is 3.13. The van der Waals surface area contributed by atoms with Gasteiger partial charge in [0.1, 0.15) is 6.04 Å². The molecule has 6 heteroatoms. The standard InChI is InChI=1S/C9H12F3N3/c10-9(11,12)8(13)6-15-5-7-1-3-14-4-2-7/h1-4,8,15H,5-6,13H2/t8-/m0/s1. The first-order valence-corrected chi connectivity index (χ1v) is 4.42. The Labute approximate surface area is 85.5 Å². The average Bonchev–Trinajstić information content (AvgIpc) is 2.18. The van der Waals surface area contributed by atoms with Crippen molar-refractivity contribution in [3.63, 3.8) is 0 Å². The lowest BCUT2D eigenvalue weighted by molar-refractivity contribution is -0.146. The van der Waals surface area contributed by atoms with Crippen LogP contribution in [0, 0.1) is 0 Å². The average molecular weight is 219 g/mol. The maximum atomic E-state index is 12.0. The molecule has 0 saturated carbocycles. The van der Waals surface area contributed by atoms with Crippen LogP contribution in [0.2, 0.25) is 0 Å². The van der Waals surface area contributed by atoms with E-state index >= 15 is 0 Å². The van der Waals surface area contributed by atoms with Crippen molar-refractivity contribution in [2.45, 2.75) is 18.8 Å². The van der Waals surface area contributed by atoms with Crippen LogP contribution in [0.4, 0.5) is 13.2 Å². The number of pyridine rings is 1. The minimum absolute atomic E-state index is 0.286. The molecule has 1 rings (SSSR count). The number of nitrogens with zero attached hydrogens (tertiary/aromatic N) is 1. The number of rotatable bonds is 4. The fourth-order valence-electron chi connectivity index (χ4n) is 0.988. The fraction of sp³-hybridized carbons (Fsp3) is 0.444. The molecule has 0 aliphatic carbocycles. The molecule has 3 nitrogen and oxygen atoms in total. The molecule has 1 aromatic heterocycles. The summed E-state index contributed by atoms with van der Waals surface area (Å²) in [5.74, 6) is 0. The van der Waals surface area contributed by atoms with Gasteiger partial charge in [0.25, 0.3) is 0 Å². The van der Waals surface area contributed by atoms with E-state index in [0.29, 0.717) is 6.54 Å². The molecule has 1 aromatic rings. The van der Waals surface area contributed by atoms with E-state index in [1.54, 1.807) is 24.5 Å². The van der Waals surface area contributed by atoms with E-state index in [2.05, 4.69) is 10.3 Å². The fourth-order valence-corrected chi connectivity index (χ4v) is 0.988. The maximum absolute atomic E-state index is 12.0. The van der Waals surface area contributed by atoms with Gasteiger partial charge in [0.15, 0.2) is 0 Å². The van der Waals surface area contributed by atoms with Crippen LogP contribution in [0.3, 0.4) is 0 Å². The van der Waals surface area contributed by atoms with Gasteiger partial charge in [-0.2, -0.15) is 13.2 Å². The van der Waals surface area contributed by atoms with Crippen LogP contribution in [0.25, 0.3) is 0 Å². The SMILES string of the molecule is N[C@@H](CNCc1ccncc1)C(F)(F)F. The Kier molecular flexibility index (Phi) is 4.05. The van der Waals surface area contributed by atoms with E-state index in [1.807, 2.05) is 0 Å². The van der Waals surface area contributed by atoms with Gasteiger partial charge in [-0.1, -0.05) is 0 Å². The van der Waals surface area contributed by atoms with Crippen molar-refractivity contribution >= 4 is 0 Å². The molecule has 0 unspecified atom stereocenters. The monoisotopic (exact) mass is 219 g/mol. The number of halogens is 3. The van der Waals surface area contributed by atoms with Gasteiger partial charge < -0.3 is 11.1 Å². The van der Waals surface area contributed by atoms with Crippen LogP contribution in [-0.4, -0.2) is 23.7 Å². The summed E-state index contributed by atoms with van der Waals surface area (Å²) in [4.78, 5) is 3.80. The van der Waals surface area contributed by atoms with Crippen LogP contribution in [0.1, 0.15) is 5.56 Å². The van der Waals surface area contributed by atoms with Gasteiger partial charge in [0.2, 0.25) is 0 Å². The van der Waals surface area contributed by atoms with Crippen LogP contribution in [-0.2, 0) is 6.54 Å². The Balaban J connectivity index is 2.28. The van der Waals surface area contributed by atoms with Gasteiger partial charge >= 0.3 is 6.18 Å². The molecule has 0 radical (unpaired) electrons. The number of aromatic nitrogens is 1. The van der Waals surface area contributed by atoms with Gasteiger partial charge in [-0.3, -0.25) is 4.98 Å². The van der Waals surface area contributed by atoms with Gasteiger partial charge in [-0.15, -0.1) is 0 Å². The predicted molar refractivity (Wildman–Crippen MR) is 50.0 cm³/mol. The van der Waals surface area contributed by atoms with Gasteiger partial charge in [0.05, 0.1) is 0 Å². The number of hydrogen-bond acceptors (Lipinski definition) is 3. The maximum Gasteiger partial charge on any atom is 0.404 e. The van der Waals surface area contributed by atoms with Crippen LogP contribution < -0.4 is 11.1 Å². The van der Waals surface area contributed by atoms with Crippen molar-refractivity contribution in [3.05, 3.63) is 30.1 Å². The first-order chi connectivity index (χ1) is 7.00. The minimum Gasteiger partial charge on any atom is -0.319 e. The molecule has 0 saturated heterocycles. The summed E-state index contributed by atoms with van der Waals surface area (Å²) in [7, 11) is 0. The third-order valence-electron chi connectivity index (χ3n) is 1.86. The topological polar surface area (TPSA) is 50.9 Å². The van der Waals surface area contributed by atoms with Crippen molar-refractivity contribution in [2.75, 3.05) is 6.54 Å².